The molecule has 116 valence electrons. The maximum absolute atomic E-state index is 12.5. The number of aliphatic hydroxyl groups is 1. The van der Waals surface area contributed by atoms with Crippen LogP contribution >= 0.6 is 11.3 Å². The molecule has 0 radical (unpaired) electrons. The van der Waals surface area contributed by atoms with E-state index in [0.29, 0.717) is 18.4 Å². The van der Waals surface area contributed by atoms with Gasteiger partial charge in [0.1, 0.15) is 5.01 Å². The summed E-state index contributed by atoms with van der Waals surface area (Å²) in [6.07, 6.45) is 4.72. The van der Waals surface area contributed by atoms with Gasteiger partial charge < -0.3 is 15.3 Å². The lowest BCUT2D eigenvalue weighted by Gasteiger charge is -2.25. The Morgan fingerprint density at radius 2 is 2.29 bits per heavy atom. The molecule has 3 rings (SSSR count). The Hall–Kier alpha value is -1.14. The fourth-order valence-corrected chi connectivity index (χ4v) is 3.50. The molecule has 0 spiro atoms. The van der Waals surface area contributed by atoms with Crippen LogP contribution in [0.2, 0.25) is 0 Å². The van der Waals surface area contributed by atoms with Gasteiger partial charge in [-0.05, 0) is 44.4 Å². The van der Waals surface area contributed by atoms with Gasteiger partial charge in [0.25, 0.3) is 0 Å². The normalized spacial score (nSPS) is 19.3. The van der Waals surface area contributed by atoms with Crippen LogP contribution in [0.25, 0.3) is 0 Å². The van der Waals surface area contributed by atoms with Crippen molar-refractivity contribution in [1.82, 2.24) is 15.2 Å². The molecule has 2 amide bonds. The van der Waals surface area contributed by atoms with E-state index in [2.05, 4.69) is 10.3 Å². The number of carbonyl (C=O) groups excluding carboxylic acids is 1. The third-order valence-corrected chi connectivity index (χ3v) is 5.15. The number of thiazole rings is 1. The number of aryl methyl sites for hydroxylation is 1. The first-order chi connectivity index (χ1) is 10.2. The number of hydrogen-bond donors (Lipinski definition) is 2. The summed E-state index contributed by atoms with van der Waals surface area (Å²) in [5, 5.41) is 15.4. The molecule has 0 aromatic carbocycles. The fourth-order valence-electron chi connectivity index (χ4n) is 2.56. The summed E-state index contributed by atoms with van der Waals surface area (Å²) in [5.41, 5.74) is 1.01. The fraction of sp³-hybridized carbons (Fsp3) is 0.733. The lowest BCUT2D eigenvalue weighted by molar-refractivity contribution is 0.170. The molecule has 2 fully saturated rings. The lowest BCUT2D eigenvalue weighted by atomic mass is 10.2. The van der Waals surface area contributed by atoms with E-state index < -0.39 is 0 Å². The first-order valence-electron chi connectivity index (χ1n) is 7.75. The summed E-state index contributed by atoms with van der Waals surface area (Å²) in [7, 11) is 0. The van der Waals surface area contributed by atoms with Crippen LogP contribution in [0, 0.1) is 18.8 Å². The number of rotatable bonds is 7. The van der Waals surface area contributed by atoms with E-state index in [-0.39, 0.29) is 18.7 Å². The highest BCUT2D eigenvalue weighted by Gasteiger charge is 2.36. The van der Waals surface area contributed by atoms with E-state index in [1.54, 1.807) is 16.2 Å². The van der Waals surface area contributed by atoms with Crippen LogP contribution in [-0.2, 0) is 0 Å². The number of carbonyl (C=O) groups is 1. The van der Waals surface area contributed by atoms with Gasteiger partial charge in [-0.3, -0.25) is 0 Å². The summed E-state index contributed by atoms with van der Waals surface area (Å²) in [6.45, 7) is 3.18. The number of hydrogen-bond acceptors (Lipinski definition) is 4. The molecule has 2 N–H and O–H groups in total. The van der Waals surface area contributed by atoms with Gasteiger partial charge in [0.05, 0.1) is 12.6 Å². The molecule has 0 bridgehead atoms. The number of nitrogens with one attached hydrogen (secondary N) is 1. The van der Waals surface area contributed by atoms with Crippen molar-refractivity contribution in [2.24, 2.45) is 11.8 Å². The molecule has 0 unspecified atom stereocenters. The van der Waals surface area contributed by atoms with E-state index in [9.17, 15) is 4.79 Å². The van der Waals surface area contributed by atoms with Crippen molar-refractivity contribution in [1.29, 1.82) is 0 Å². The molecule has 5 nitrogen and oxygen atoms in total. The average Bonchev–Trinajstić information content (AvgIpc) is 3.36. The van der Waals surface area contributed by atoms with Crippen LogP contribution < -0.4 is 5.32 Å². The van der Waals surface area contributed by atoms with Gasteiger partial charge in [-0.1, -0.05) is 0 Å². The molecular formula is C15H23N3O2S. The van der Waals surface area contributed by atoms with Crippen molar-refractivity contribution in [3.8, 4) is 0 Å². The zero-order valence-corrected chi connectivity index (χ0v) is 13.2. The number of nitrogens with zero attached hydrogens (tertiary/aromatic N) is 2. The SMILES string of the molecule is Cc1csc([C@@H](NC(=O)N(CCO)CC2CC2)C2CC2)n1. The van der Waals surface area contributed by atoms with Gasteiger partial charge >= 0.3 is 6.03 Å². The summed E-state index contributed by atoms with van der Waals surface area (Å²) in [6, 6.07) is -0.0164. The van der Waals surface area contributed by atoms with Gasteiger partial charge in [0, 0.05) is 24.2 Å². The molecular weight excluding hydrogens is 286 g/mol. The predicted octanol–water partition coefficient (Wildman–Crippen LogP) is 2.32. The van der Waals surface area contributed by atoms with Gasteiger partial charge in [0.2, 0.25) is 0 Å². The largest absolute Gasteiger partial charge is 0.395 e. The summed E-state index contributed by atoms with van der Waals surface area (Å²) in [4.78, 5) is 18.8. The Balaban J connectivity index is 1.64. The third-order valence-electron chi connectivity index (χ3n) is 4.11. The van der Waals surface area contributed by atoms with Gasteiger partial charge in [-0.2, -0.15) is 0 Å². The van der Waals surface area contributed by atoms with E-state index in [1.807, 2.05) is 12.3 Å². The Morgan fingerprint density at radius 1 is 1.52 bits per heavy atom. The zero-order valence-electron chi connectivity index (χ0n) is 12.4. The van der Waals surface area contributed by atoms with Crippen molar-refractivity contribution in [2.45, 2.75) is 38.6 Å². The predicted molar refractivity (Wildman–Crippen MR) is 82.2 cm³/mol. The molecule has 0 aliphatic heterocycles. The second-order valence-corrected chi connectivity index (χ2v) is 7.09. The van der Waals surface area contributed by atoms with Crippen LogP contribution in [0.4, 0.5) is 4.79 Å². The highest BCUT2D eigenvalue weighted by molar-refractivity contribution is 7.09. The molecule has 6 heteroatoms. The molecule has 21 heavy (non-hydrogen) atoms. The van der Waals surface area contributed by atoms with E-state index >= 15 is 0 Å². The van der Waals surface area contributed by atoms with E-state index in [4.69, 9.17) is 5.11 Å². The maximum Gasteiger partial charge on any atom is 0.318 e. The Labute approximate surface area is 129 Å². The second-order valence-electron chi connectivity index (χ2n) is 6.20. The standard InChI is InChI=1S/C15H23N3O2S/c1-10-9-21-14(16-10)13(12-4-5-12)17-15(20)18(6-7-19)8-11-2-3-11/h9,11-13,19H,2-8H2,1H3,(H,17,20)/t13-/m0/s1. The first kappa shape index (κ1) is 14.8. The van der Waals surface area contributed by atoms with E-state index in [1.165, 1.54) is 12.8 Å². The first-order valence-corrected chi connectivity index (χ1v) is 8.63. The van der Waals surface area contributed by atoms with Crippen LogP contribution in [0.5, 0.6) is 0 Å². The molecule has 1 aromatic heterocycles. The van der Waals surface area contributed by atoms with Crippen molar-refractivity contribution < 1.29 is 9.90 Å². The molecule has 1 aromatic rings. The zero-order chi connectivity index (χ0) is 14.8. The summed E-state index contributed by atoms with van der Waals surface area (Å²) in [5.74, 6) is 1.15. The minimum atomic E-state index is -0.0549. The highest BCUT2D eigenvalue weighted by Crippen LogP contribution is 2.42. The molecule has 2 aliphatic rings. The van der Waals surface area contributed by atoms with E-state index in [0.717, 1.165) is 30.1 Å². The number of aromatic nitrogens is 1. The Morgan fingerprint density at radius 3 is 2.81 bits per heavy atom. The minimum absolute atomic E-state index is 0.0184. The average molecular weight is 309 g/mol. The van der Waals surface area contributed by atoms with Crippen molar-refractivity contribution in [3.63, 3.8) is 0 Å². The molecule has 1 heterocycles. The summed E-state index contributed by atoms with van der Waals surface area (Å²) < 4.78 is 0. The number of urea groups is 1. The molecule has 1 atom stereocenters. The summed E-state index contributed by atoms with van der Waals surface area (Å²) >= 11 is 1.63. The van der Waals surface area contributed by atoms with Crippen LogP contribution in [0.1, 0.15) is 42.4 Å². The monoisotopic (exact) mass is 309 g/mol. The molecule has 0 saturated heterocycles. The van der Waals surface area contributed by atoms with Crippen molar-refractivity contribution in [2.75, 3.05) is 19.7 Å². The lowest BCUT2D eigenvalue weighted by Crippen LogP contribution is -2.44. The van der Waals surface area contributed by atoms with Crippen molar-refractivity contribution in [3.05, 3.63) is 16.1 Å². The minimum Gasteiger partial charge on any atom is -0.395 e. The quantitative estimate of drug-likeness (QED) is 0.812. The highest BCUT2D eigenvalue weighted by atomic mass is 32.1. The third kappa shape index (κ3) is 3.95. The Bertz CT molecular complexity index is 497. The Kier molecular flexibility index (Phi) is 4.45. The smallest absolute Gasteiger partial charge is 0.318 e. The number of amides is 2. The second kappa shape index (κ2) is 6.32. The van der Waals surface area contributed by atoms with Crippen LogP contribution in [0.15, 0.2) is 5.38 Å². The molecule has 2 saturated carbocycles. The topological polar surface area (TPSA) is 65.5 Å². The van der Waals surface area contributed by atoms with Gasteiger partial charge in [0.15, 0.2) is 0 Å². The van der Waals surface area contributed by atoms with Gasteiger partial charge in [-0.15, -0.1) is 11.3 Å². The maximum atomic E-state index is 12.5. The van der Waals surface area contributed by atoms with Gasteiger partial charge in [-0.25, -0.2) is 9.78 Å². The van der Waals surface area contributed by atoms with Crippen LogP contribution in [0.3, 0.4) is 0 Å². The van der Waals surface area contributed by atoms with Crippen LogP contribution in [-0.4, -0.2) is 40.7 Å². The molecule has 2 aliphatic carbocycles. The number of aliphatic hydroxyl groups excluding tert-OH is 1. The van der Waals surface area contributed by atoms with Crippen molar-refractivity contribution >= 4 is 17.4 Å².